The highest BCUT2D eigenvalue weighted by Gasteiger charge is 2.62. The number of methoxy groups -OCH3 is 1. The Labute approximate surface area is 319 Å². The fourth-order valence-electron chi connectivity index (χ4n) is 7.79. The molecular formula is C39H46FN5O9S. The molecule has 3 heterocycles. The maximum atomic E-state index is 14.5. The van der Waals surface area contributed by atoms with Gasteiger partial charge in [0.05, 0.1) is 31.9 Å². The van der Waals surface area contributed by atoms with Crippen molar-refractivity contribution in [2.45, 2.75) is 106 Å². The Morgan fingerprint density at radius 3 is 2.60 bits per heavy atom. The molecule has 0 aromatic heterocycles. The second-order valence-electron chi connectivity index (χ2n) is 15.1. The number of allylic oxidation sites excluding steroid dienone is 1. The molecule has 294 valence electrons. The van der Waals surface area contributed by atoms with Crippen molar-refractivity contribution < 1.29 is 46.3 Å². The first-order chi connectivity index (χ1) is 26.4. The molecule has 3 fully saturated rings. The summed E-state index contributed by atoms with van der Waals surface area (Å²) in [5, 5.41) is 5.02. The molecule has 1 saturated heterocycles. The normalized spacial score (nSPS) is 27.3. The number of sulfonamides is 1. The van der Waals surface area contributed by atoms with E-state index in [9.17, 15) is 36.8 Å². The number of amides is 5. The van der Waals surface area contributed by atoms with Crippen LogP contribution >= 0.6 is 0 Å². The van der Waals surface area contributed by atoms with E-state index in [1.165, 1.54) is 23.0 Å². The van der Waals surface area contributed by atoms with Crippen molar-refractivity contribution in [1.29, 1.82) is 0 Å². The van der Waals surface area contributed by atoms with Crippen molar-refractivity contribution in [3.05, 3.63) is 77.1 Å². The Morgan fingerprint density at radius 1 is 1.04 bits per heavy atom. The van der Waals surface area contributed by atoms with Crippen molar-refractivity contribution in [3.63, 3.8) is 0 Å². The summed E-state index contributed by atoms with van der Waals surface area (Å²) in [7, 11) is -2.40. The summed E-state index contributed by atoms with van der Waals surface area (Å²) in [4.78, 5) is 71.9. The van der Waals surface area contributed by atoms with E-state index in [4.69, 9.17) is 9.47 Å². The number of fused-ring (bicyclic) bond motifs is 3. The zero-order valence-corrected chi connectivity index (χ0v) is 31.4. The quantitative estimate of drug-likeness (QED) is 0.340. The van der Waals surface area contributed by atoms with Crippen LogP contribution in [-0.2, 0) is 53.4 Å². The standard InChI is InChI=1S/C39H46FN5O9S/c1-53-27-12-7-9-24(17-27)18-34(46)41-32-14-6-4-2-3-5-11-26-20-39(26,37(49)43-55(51,52)29-15-16-29)42-35(47)33-19-28(22-45(33)36(32)48)54-38(50)44-21-25-10-8-13-31(40)30(25)23-44/h5,7-13,17,26,28-29,32-33H,2-4,6,14-16,18-23H2,1H3,(H,41,46)(H,42,47)(H,43,49)/b11-5-/t26-,28+,32-,33?,39+/m0/s1. The Balaban J connectivity index is 1.13. The van der Waals surface area contributed by atoms with Crippen molar-refractivity contribution >= 4 is 39.7 Å². The van der Waals surface area contributed by atoms with Gasteiger partial charge in [0.2, 0.25) is 27.7 Å². The van der Waals surface area contributed by atoms with Gasteiger partial charge in [0, 0.05) is 24.4 Å². The summed E-state index contributed by atoms with van der Waals surface area (Å²) in [5.74, 6) is -2.85. The van der Waals surface area contributed by atoms with E-state index in [0.29, 0.717) is 48.1 Å². The first-order valence-corrected chi connectivity index (χ1v) is 20.4. The lowest BCUT2D eigenvalue weighted by Gasteiger charge is -2.30. The number of carbonyl (C=O) groups excluding carboxylic acids is 5. The fourth-order valence-corrected chi connectivity index (χ4v) is 9.15. The molecule has 2 aromatic rings. The van der Waals surface area contributed by atoms with Crippen LogP contribution in [0.2, 0.25) is 0 Å². The molecule has 5 aliphatic rings. The Morgan fingerprint density at radius 2 is 1.84 bits per heavy atom. The molecule has 16 heteroatoms. The summed E-state index contributed by atoms with van der Waals surface area (Å²) in [5.41, 5.74) is 0.155. The molecular weight excluding hydrogens is 734 g/mol. The van der Waals surface area contributed by atoms with E-state index in [0.717, 1.165) is 12.8 Å². The van der Waals surface area contributed by atoms with Crippen LogP contribution in [0.4, 0.5) is 9.18 Å². The number of benzene rings is 2. The van der Waals surface area contributed by atoms with Crippen molar-refractivity contribution in [2.75, 3.05) is 13.7 Å². The van der Waals surface area contributed by atoms with Gasteiger partial charge < -0.3 is 25.0 Å². The van der Waals surface area contributed by atoms with Crippen LogP contribution in [0.15, 0.2) is 54.6 Å². The Hall–Kier alpha value is -4.99. The first kappa shape index (κ1) is 38.3. The van der Waals surface area contributed by atoms with Gasteiger partial charge in [0.25, 0.3) is 5.91 Å². The van der Waals surface area contributed by atoms with E-state index < -0.39 is 80.5 Å². The number of hydrogen-bond acceptors (Lipinski definition) is 9. The highest BCUT2D eigenvalue weighted by atomic mass is 32.2. The lowest BCUT2D eigenvalue weighted by atomic mass is 10.0. The van der Waals surface area contributed by atoms with E-state index >= 15 is 0 Å². The van der Waals surface area contributed by atoms with Gasteiger partial charge in [0.1, 0.15) is 35.3 Å². The van der Waals surface area contributed by atoms with E-state index in [2.05, 4.69) is 15.4 Å². The van der Waals surface area contributed by atoms with Gasteiger partial charge >= 0.3 is 6.09 Å². The van der Waals surface area contributed by atoms with Gasteiger partial charge in [-0.2, -0.15) is 0 Å². The summed E-state index contributed by atoms with van der Waals surface area (Å²) < 4.78 is 53.4. The number of carbonyl (C=O) groups is 5. The van der Waals surface area contributed by atoms with Crippen LogP contribution < -0.4 is 20.1 Å². The predicted octanol–water partition coefficient (Wildman–Crippen LogP) is 2.99. The average Bonchev–Trinajstić information content (AvgIpc) is 4.04. The van der Waals surface area contributed by atoms with Gasteiger partial charge in [-0.1, -0.05) is 49.3 Å². The maximum Gasteiger partial charge on any atom is 0.410 e. The van der Waals surface area contributed by atoms with E-state index in [1.54, 1.807) is 36.4 Å². The van der Waals surface area contributed by atoms with Crippen molar-refractivity contribution in [1.82, 2.24) is 25.2 Å². The summed E-state index contributed by atoms with van der Waals surface area (Å²) in [6.07, 6.45) is 5.97. The zero-order chi connectivity index (χ0) is 38.9. The molecule has 7 rings (SSSR count). The second-order valence-corrected chi connectivity index (χ2v) is 17.1. The van der Waals surface area contributed by atoms with Gasteiger partial charge in [0.15, 0.2) is 0 Å². The number of nitrogens with one attached hydrogen (secondary N) is 3. The van der Waals surface area contributed by atoms with Gasteiger partial charge in [-0.15, -0.1) is 0 Å². The molecule has 5 amide bonds. The number of halogens is 1. The van der Waals surface area contributed by atoms with E-state index in [1.807, 2.05) is 12.2 Å². The molecule has 2 aromatic carbocycles. The minimum atomic E-state index is -3.93. The highest BCUT2D eigenvalue weighted by Crippen LogP contribution is 2.46. The lowest BCUT2D eigenvalue weighted by Crippen LogP contribution is -2.58. The maximum absolute atomic E-state index is 14.5. The smallest absolute Gasteiger partial charge is 0.410 e. The average molecular weight is 780 g/mol. The SMILES string of the molecule is COc1cccc(CC(=O)N[C@H]2CCCCC/C=C\[C@H]3C[C@@]3(C(=O)NS(=O)(=O)C3CC3)NC(=O)C3C[C@@H](OC(=O)N4Cc5cccc(F)c5C4)CN3C2=O)c1. The van der Waals surface area contributed by atoms with Crippen LogP contribution in [0.3, 0.4) is 0 Å². The molecule has 55 heavy (non-hydrogen) atoms. The molecule has 14 nitrogen and oxygen atoms in total. The minimum Gasteiger partial charge on any atom is -0.497 e. The summed E-state index contributed by atoms with van der Waals surface area (Å²) >= 11 is 0. The van der Waals surface area contributed by atoms with Crippen LogP contribution in [0.1, 0.15) is 74.5 Å². The molecule has 3 N–H and O–H groups in total. The topological polar surface area (TPSA) is 181 Å². The molecule has 0 spiro atoms. The van der Waals surface area contributed by atoms with Gasteiger partial charge in [-0.25, -0.2) is 17.6 Å². The second kappa shape index (κ2) is 15.6. The largest absolute Gasteiger partial charge is 0.497 e. The molecule has 3 aliphatic heterocycles. The third-order valence-corrected chi connectivity index (χ3v) is 12.9. The number of hydrogen-bond donors (Lipinski definition) is 3. The molecule has 0 bridgehead atoms. The minimum absolute atomic E-state index is 0.00217. The number of ether oxygens (including phenoxy) is 2. The number of rotatable bonds is 8. The third-order valence-electron chi connectivity index (χ3n) is 11.1. The predicted molar refractivity (Wildman–Crippen MR) is 196 cm³/mol. The highest BCUT2D eigenvalue weighted by molar-refractivity contribution is 7.91. The van der Waals surface area contributed by atoms with Crippen molar-refractivity contribution in [3.8, 4) is 5.75 Å². The van der Waals surface area contributed by atoms with E-state index in [-0.39, 0.29) is 45.3 Å². The third kappa shape index (κ3) is 8.48. The molecule has 2 saturated carbocycles. The summed E-state index contributed by atoms with van der Waals surface area (Å²) in [6, 6.07) is 9.38. The summed E-state index contributed by atoms with van der Waals surface area (Å²) in [6.45, 7) is -0.0562. The first-order valence-electron chi connectivity index (χ1n) is 18.9. The zero-order valence-electron chi connectivity index (χ0n) is 30.6. The molecule has 1 unspecified atom stereocenters. The number of nitrogens with zero attached hydrogens (tertiary/aromatic N) is 2. The van der Waals surface area contributed by atoms with Gasteiger partial charge in [-0.3, -0.25) is 28.8 Å². The Kier molecular flexibility index (Phi) is 10.9. The molecule has 2 aliphatic carbocycles. The Bertz CT molecular complexity index is 2010. The van der Waals surface area contributed by atoms with Gasteiger partial charge in [-0.05, 0) is 67.9 Å². The molecule has 5 atom stereocenters. The monoisotopic (exact) mass is 779 g/mol. The van der Waals surface area contributed by atoms with Crippen molar-refractivity contribution in [2.24, 2.45) is 5.92 Å². The lowest BCUT2D eigenvalue weighted by molar-refractivity contribution is -0.142. The van der Waals surface area contributed by atoms with Crippen LogP contribution in [0, 0.1) is 11.7 Å². The van der Waals surface area contributed by atoms with Crippen LogP contribution in [0.5, 0.6) is 5.75 Å². The van der Waals surface area contributed by atoms with Crippen LogP contribution in [-0.4, -0.2) is 90.6 Å². The van der Waals surface area contributed by atoms with Crippen LogP contribution in [0.25, 0.3) is 0 Å². The fraction of sp³-hybridized carbons (Fsp3) is 0.513. The molecule has 0 radical (unpaired) electrons.